The van der Waals surface area contributed by atoms with Gasteiger partial charge in [0, 0.05) is 0 Å². The van der Waals surface area contributed by atoms with E-state index in [2.05, 4.69) is 11.3 Å². The molecule has 1 saturated carbocycles. The van der Waals surface area contributed by atoms with Gasteiger partial charge in [-0.3, -0.25) is 4.79 Å². The number of ether oxygens (including phenoxy) is 1. The van der Waals surface area contributed by atoms with Crippen molar-refractivity contribution in [3.05, 3.63) is 12.7 Å². The number of hydrogen-bond acceptors (Lipinski definition) is 2. The SMILES string of the molecule is C=C[C@@H]1C(F)(F)[C@]1(C)CC(=O)OC. The van der Waals surface area contributed by atoms with Crippen LogP contribution in [0.4, 0.5) is 8.78 Å². The first-order chi connectivity index (χ1) is 5.90. The number of carbonyl (C=O) groups excluding carboxylic acids is 1. The molecular weight excluding hydrogens is 178 g/mol. The van der Waals surface area contributed by atoms with Gasteiger partial charge in [-0.15, -0.1) is 6.58 Å². The molecule has 0 bridgehead atoms. The molecule has 1 aliphatic rings. The second-order valence-corrected chi connectivity index (χ2v) is 3.51. The summed E-state index contributed by atoms with van der Waals surface area (Å²) in [6.07, 6.45) is 0.941. The fourth-order valence-corrected chi connectivity index (χ4v) is 1.63. The minimum Gasteiger partial charge on any atom is -0.469 e. The lowest BCUT2D eigenvalue weighted by Crippen LogP contribution is -2.14. The zero-order valence-corrected chi connectivity index (χ0v) is 7.64. The van der Waals surface area contributed by atoms with Gasteiger partial charge in [0.05, 0.1) is 24.9 Å². The zero-order valence-electron chi connectivity index (χ0n) is 7.64. The van der Waals surface area contributed by atoms with Crippen molar-refractivity contribution >= 4 is 5.97 Å². The Labute approximate surface area is 75.6 Å². The van der Waals surface area contributed by atoms with Crippen LogP contribution >= 0.6 is 0 Å². The van der Waals surface area contributed by atoms with Gasteiger partial charge in [-0.05, 0) is 0 Å². The van der Waals surface area contributed by atoms with E-state index in [4.69, 9.17) is 0 Å². The van der Waals surface area contributed by atoms with Gasteiger partial charge < -0.3 is 4.74 Å². The van der Waals surface area contributed by atoms with Crippen molar-refractivity contribution in [2.45, 2.75) is 19.3 Å². The Balaban J connectivity index is 2.70. The third kappa shape index (κ3) is 1.24. The van der Waals surface area contributed by atoms with Gasteiger partial charge in [-0.25, -0.2) is 8.78 Å². The first kappa shape index (κ1) is 10.2. The largest absolute Gasteiger partial charge is 0.469 e. The lowest BCUT2D eigenvalue weighted by Gasteiger charge is -2.06. The summed E-state index contributed by atoms with van der Waals surface area (Å²) in [6, 6.07) is 0. The lowest BCUT2D eigenvalue weighted by atomic mass is 10.0. The maximum Gasteiger partial charge on any atom is 0.306 e. The molecule has 74 valence electrons. The van der Waals surface area contributed by atoms with Crippen LogP contribution in [0.2, 0.25) is 0 Å². The molecular formula is C9H12F2O2. The maximum absolute atomic E-state index is 13.1. The van der Waals surface area contributed by atoms with Gasteiger partial charge in [0.2, 0.25) is 0 Å². The summed E-state index contributed by atoms with van der Waals surface area (Å²) < 4.78 is 30.5. The van der Waals surface area contributed by atoms with Crippen molar-refractivity contribution in [1.82, 2.24) is 0 Å². The van der Waals surface area contributed by atoms with Crippen molar-refractivity contribution in [1.29, 1.82) is 0 Å². The molecule has 2 atom stereocenters. The van der Waals surface area contributed by atoms with Gasteiger partial charge in [0.25, 0.3) is 5.92 Å². The Morgan fingerprint density at radius 1 is 1.69 bits per heavy atom. The van der Waals surface area contributed by atoms with Crippen LogP contribution in [-0.4, -0.2) is 19.0 Å². The van der Waals surface area contributed by atoms with Gasteiger partial charge in [-0.1, -0.05) is 13.0 Å². The first-order valence-electron chi connectivity index (χ1n) is 3.97. The van der Waals surface area contributed by atoms with Gasteiger partial charge >= 0.3 is 5.97 Å². The normalized spacial score (nSPS) is 35.2. The van der Waals surface area contributed by atoms with Crippen LogP contribution in [0.25, 0.3) is 0 Å². The number of allylic oxidation sites excluding steroid dienone is 1. The molecule has 1 aliphatic carbocycles. The molecule has 0 aliphatic heterocycles. The van der Waals surface area contributed by atoms with Crippen LogP contribution in [-0.2, 0) is 9.53 Å². The van der Waals surface area contributed by atoms with Crippen molar-refractivity contribution in [3.8, 4) is 0 Å². The number of rotatable bonds is 3. The number of halogens is 2. The first-order valence-corrected chi connectivity index (χ1v) is 3.97. The van der Waals surface area contributed by atoms with Gasteiger partial charge in [0.1, 0.15) is 0 Å². The number of carbonyl (C=O) groups is 1. The summed E-state index contributed by atoms with van der Waals surface area (Å²) in [6.45, 7) is 4.69. The van der Waals surface area contributed by atoms with Crippen molar-refractivity contribution in [3.63, 3.8) is 0 Å². The predicted molar refractivity (Wildman–Crippen MR) is 43.4 cm³/mol. The van der Waals surface area contributed by atoms with Crippen LogP contribution in [0.3, 0.4) is 0 Å². The Kier molecular flexibility index (Phi) is 2.18. The van der Waals surface area contributed by atoms with Crippen LogP contribution in [0, 0.1) is 11.3 Å². The predicted octanol–water partition coefficient (Wildman–Crippen LogP) is 2.01. The number of methoxy groups -OCH3 is 1. The Bertz CT molecular complexity index is 250. The Morgan fingerprint density at radius 3 is 2.54 bits per heavy atom. The van der Waals surface area contributed by atoms with Gasteiger partial charge in [-0.2, -0.15) is 0 Å². The molecule has 0 spiro atoms. The van der Waals surface area contributed by atoms with Crippen molar-refractivity contribution in [2.75, 3.05) is 7.11 Å². The average molecular weight is 190 g/mol. The highest BCUT2D eigenvalue weighted by Crippen LogP contribution is 2.68. The molecule has 0 amide bonds. The molecule has 0 saturated heterocycles. The molecule has 0 N–H and O–H groups in total. The van der Waals surface area contributed by atoms with Crippen molar-refractivity contribution < 1.29 is 18.3 Å². The zero-order chi connectivity index (χ0) is 10.3. The molecule has 0 aromatic rings. The molecule has 0 aromatic heterocycles. The molecule has 1 rings (SSSR count). The van der Waals surface area contributed by atoms with Crippen LogP contribution in [0.5, 0.6) is 0 Å². The number of hydrogen-bond donors (Lipinski definition) is 0. The van der Waals surface area contributed by atoms with Gasteiger partial charge in [0.15, 0.2) is 0 Å². The molecule has 0 aromatic carbocycles. The monoisotopic (exact) mass is 190 g/mol. The molecule has 0 radical (unpaired) electrons. The highest BCUT2D eigenvalue weighted by Gasteiger charge is 2.76. The van der Waals surface area contributed by atoms with E-state index in [9.17, 15) is 13.6 Å². The van der Waals surface area contributed by atoms with E-state index in [1.165, 1.54) is 20.1 Å². The maximum atomic E-state index is 13.1. The average Bonchev–Trinajstić information content (AvgIpc) is 2.45. The second-order valence-electron chi connectivity index (χ2n) is 3.51. The second kappa shape index (κ2) is 2.79. The third-order valence-corrected chi connectivity index (χ3v) is 2.73. The standard InChI is InChI=1S/C9H12F2O2/c1-4-6-8(2,9(6,10)11)5-7(12)13-3/h4,6H,1,5H2,2-3H3/t6-,8+/m0/s1. The number of esters is 1. The van der Waals surface area contributed by atoms with E-state index in [1.807, 2.05) is 0 Å². The van der Waals surface area contributed by atoms with E-state index in [0.717, 1.165) is 0 Å². The molecule has 0 heterocycles. The third-order valence-electron chi connectivity index (χ3n) is 2.73. The van der Waals surface area contributed by atoms with Crippen LogP contribution in [0.15, 0.2) is 12.7 Å². The Hall–Kier alpha value is -0.930. The fraction of sp³-hybridized carbons (Fsp3) is 0.667. The molecule has 13 heavy (non-hydrogen) atoms. The minimum atomic E-state index is -2.82. The summed E-state index contributed by atoms with van der Waals surface area (Å²) in [7, 11) is 1.19. The fourth-order valence-electron chi connectivity index (χ4n) is 1.63. The van der Waals surface area contributed by atoms with E-state index in [-0.39, 0.29) is 6.42 Å². The highest BCUT2D eigenvalue weighted by atomic mass is 19.3. The highest BCUT2D eigenvalue weighted by molar-refractivity contribution is 5.71. The molecule has 1 fully saturated rings. The van der Waals surface area contributed by atoms with Crippen LogP contribution < -0.4 is 0 Å². The topological polar surface area (TPSA) is 26.3 Å². The Morgan fingerprint density at radius 2 is 2.23 bits per heavy atom. The number of alkyl halides is 2. The lowest BCUT2D eigenvalue weighted by molar-refractivity contribution is -0.143. The summed E-state index contributed by atoms with van der Waals surface area (Å²) >= 11 is 0. The molecule has 0 unspecified atom stereocenters. The van der Waals surface area contributed by atoms with Crippen LogP contribution in [0.1, 0.15) is 13.3 Å². The van der Waals surface area contributed by atoms with E-state index in [1.54, 1.807) is 0 Å². The summed E-state index contributed by atoms with van der Waals surface area (Å²) in [5, 5.41) is 0. The van der Waals surface area contributed by atoms with E-state index >= 15 is 0 Å². The minimum absolute atomic E-state index is 0.257. The smallest absolute Gasteiger partial charge is 0.306 e. The van der Waals surface area contributed by atoms with E-state index < -0.39 is 23.2 Å². The van der Waals surface area contributed by atoms with Crippen molar-refractivity contribution in [2.24, 2.45) is 11.3 Å². The summed E-state index contributed by atoms with van der Waals surface area (Å²) in [5.41, 5.74) is -1.29. The van der Waals surface area contributed by atoms with E-state index in [0.29, 0.717) is 0 Å². The quantitative estimate of drug-likeness (QED) is 0.502. The summed E-state index contributed by atoms with van der Waals surface area (Å²) in [5.74, 6) is -4.33. The molecule has 2 nitrogen and oxygen atoms in total. The summed E-state index contributed by atoms with van der Waals surface area (Å²) in [4.78, 5) is 10.8. The molecule has 4 heteroatoms.